The topological polar surface area (TPSA) is 40.5 Å². The highest BCUT2D eigenvalue weighted by atomic mass is 16.2. The molecule has 1 aliphatic carbocycles. The van der Waals surface area contributed by atoms with Gasteiger partial charge in [-0.05, 0) is 37.5 Å². The monoisotopic (exact) mass is 271 g/mol. The fourth-order valence-electron chi connectivity index (χ4n) is 2.19. The fraction of sp³-hybridized carbons (Fsp3) is 0.471. The molecule has 1 aromatic rings. The van der Waals surface area contributed by atoms with Crippen LogP contribution < -0.4 is 0 Å². The normalized spacial score (nSPS) is 13.5. The van der Waals surface area contributed by atoms with Crippen molar-refractivity contribution in [3.63, 3.8) is 0 Å². The van der Waals surface area contributed by atoms with Crippen LogP contribution in [0.25, 0.3) is 0 Å². The maximum absolute atomic E-state index is 12.5. The van der Waals surface area contributed by atoms with E-state index in [1.54, 1.807) is 0 Å². The van der Waals surface area contributed by atoms with Gasteiger partial charge in [-0.1, -0.05) is 24.8 Å². The van der Waals surface area contributed by atoms with Crippen LogP contribution in [-0.2, 0) is 0 Å². The van der Waals surface area contributed by atoms with E-state index in [0.717, 1.165) is 31.4 Å². The number of nitrogens with zero attached hydrogens (tertiary/aromatic N) is 1. The average Bonchev–Trinajstić information content (AvgIpc) is 3.29. The molecule has 1 saturated carbocycles. The van der Waals surface area contributed by atoms with E-state index in [9.17, 15) is 4.79 Å². The molecule has 20 heavy (non-hydrogen) atoms. The van der Waals surface area contributed by atoms with Crippen molar-refractivity contribution in [2.45, 2.75) is 38.6 Å². The average molecular weight is 271 g/mol. The zero-order chi connectivity index (χ0) is 14.4. The Morgan fingerprint density at radius 3 is 2.90 bits per heavy atom. The van der Waals surface area contributed by atoms with E-state index in [-0.39, 0.29) is 12.5 Å². The van der Waals surface area contributed by atoms with Gasteiger partial charge in [-0.3, -0.25) is 4.79 Å². The quantitative estimate of drug-likeness (QED) is 0.836. The van der Waals surface area contributed by atoms with E-state index < -0.39 is 0 Å². The second kappa shape index (κ2) is 7.12. The molecule has 0 unspecified atom stereocenters. The Bertz CT molecular complexity index is 523. The number of amides is 1. The summed E-state index contributed by atoms with van der Waals surface area (Å²) in [5, 5.41) is 8.72. The number of benzene rings is 1. The molecule has 1 aliphatic rings. The number of hydrogen-bond acceptors (Lipinski definition) is 2. The molecular formula is C17H21NO2. The minimum atomic E-state index is 0.0670. The van der Waals surface area contributed by atoms with Crippen LogP contribution in [0.1, 0.15) is 48.5 Å². The molecule has 3 nitrogen and oxygen atoms in total. The van der Waals surface area contributed by atoms with Gasteiger partial charge < -0.3 is 10.0 Å². The molecule has 0 aromatic heterocycles. The highest BCUT2D eigenvalue weighted by Gasteiger charge is 2.32. The molecule has 2 rings (SSSR count). The molecule has 1 amide bonds. The van der Waals surface area contributed by atoms with E-state index in [1.807, 2.05) is 29.2 Å². The number of hydrogen-bond donors (Lipinski definition) is 1. The molecule has 0 atom stereocenters. The summed E-state index contributed by atoms with van der Waals surface area (Å²) in [4.78, 5) is 14.5. The van der Waals surface area contributed by atoms with Crippen LogP contribution in [0.5, 0.6) is 0 Å². The first kappa shape index (κ1) is 14.6. The summed E-state index contributed by atoms with van der Waals surface area (Å²) >= 11 is 0. The van der Waals surface area contributed by atoms with Gasteiger partial charge in [0.05, 0.1) is 6.61 Å². The Labute approximate surface area is 120 Å². The van der Waals surface area contributed by atoms with E-state index in [4.69, 9.17) is 5.11 Å². The summed E-state index contributed by atoms with van der Waals surface area (Å²) in [6.45, 7) is 2.99. The molecular weight excluding hydrogens is 250 g/mol. The number of carbonyl (C=O) groups is 1. The van der Waals surface area contributed by atoms with Crippen LogP contribution in [0.4, 0.5) is 0 Å². The smallest absolute Gasteiger partial charge is 0.254 e. The molecule has 0 heterocycles. The van der Waals surface area contributed by atoms with E-state index in [2.05, 4.69) is 18.8 Å². The molecule has 1 fully saturated rings. The van der Waals surface area contributed by atoms with Gasteiger partial charge in [-0.25, -0.2) is 0 Å². The Morgan fingerprint density at radius 1 is 1.45 bits per heavy atom. The van der Waals surface area contributed by atoms with Gasteiger partial charge in [0.2, 0.25) is 0 Å². The first-order valence-electron chi connectivity index (χ1n) is 7.27. The number of aliphatic hydroxyl groups excluding tert-OH is 1. The number of carbonyl (C=O) groups excluding carboxylic acids is 1. The summed E-state index contributed by atoms with van der Waals surface area (Å²) in [6, 6.07) is 7.89. The number of rotatable bonds is 5. The highest BCUT2D eigenvalue weighted by Crippen LogP contribution is 2.28. The van der Waals surface area contributed by atoms with Gasteiger partial charge in [-0.2, -0.15) is 0 Å². The molecule has 1 aromatic carbocycles. The summed E-state index contributed by atoms with van der Waals surface area (Å²) < 4.78 is 0. The minimum Gasteiger partial charge on any atom is -0.395 e. The van der Waals surface area contributed by atoms with Crippen LogP contribution in [0.15, 0.2) is 24.3 Å². The number of aliphatic hydroxyl groups is 1. The maximum Gasteiger partial charge on any atom is 0.254 e. The largest absolute Gasteiger partial charge is 0.395 e. The van der Waals surface area contributed by atoms with E-state index in [1.165, 1.54) is 0 Å². The molecule has 0 bridgehead atoms. The fourth-order valence-corrected chi connectivity index (χ4v) is 2.19. The first-order chi connectivity index (χ1) is 9.76. The lowest BCUT2D eigenvalue weighted by Gasteiger charge is -2.21. The van der Waals surface area contributed by atoms with Gasteiger partial charge in [0.25, 0.3) is 5.91 Å². The van der Waals surface area contributed by atoms with Crippen molar-refractivity contribution >= 4 is 5.91 Å². The van der Waals surface area contributed by atoms with Crippen LogP contribution in [-0.4, -0.2) is 35.1 Å². The minimum absolute atomic E-state index is 0.0670. The lowest BCUT2D eigenvalue weighted by molar-refractivity contribution is 0.0743. The zero-order valence-corrected chi connectivity index (χ0v) is 11.9. The van der Waals surface area contributed by atoms with Crippen molar-refractivity contribution in [1.82, 2.24) is 4.90 Å². The third-order valence-electron chi connectivity index (χ3n) is 3.29. The summed E-state index contributed by atoms with van der Waals surface area (Å²) in [5.74, 6) is 5.97. The van der Waals surface area contributed by atoms with Crippen molar-refractivity contribution < 1.29 is 9.90 Å². The lowest BCUT2D eigenvalue weighted by Crippen LogP contribution is -2.33. The van der Waals surface area contributed by atoms with Gasteiger partial charge in [0.15, 0.2) is 0 Å². The summed E-state index contributed by atoms with van der Waals surface area (Å²) in [6.07, 6.45) is 3.70. The van der Waals surface area contributed by atoms with Crippen molar-refractivity contribution in [3.8, 4) is 11.8 Å². The van der Waals surface area contributed by atoms with Crippen molar-refractivity contribution in [1.29, 1.82) is 0 Å². The highest BCUT2D eigenvalue weighted by molar-refractivity contribution is 5.95. The van der Waals surface area contributed by atoms with E-state index in [0.29, 0.717) is 18.0 Å². The standard InChI is InChI=1S/C17H21NO2/c1-2-11-18(16-9-10-16)17(20)15-8-5-7-14(13-15)6-3-4-12-19/h5,7-8,13,16,19H,2,4,9-12H2,1H3. The van der Waals surface area contributed by atoms with Crippen molar-refractivity contribution in [2.24, 2.45) is 0 Å². The first-order valence-corrected chi connectivity index (χ1v) is 7.27. The maximum atomic E-state index is 12.5. The molecule has 106 valence electrons. The van der Waals surface area contributed by atoms with Gasteiger partial charge >= 0.3 is 0 Å². The van der Waals surface area contributed by atoms with Crippen LogP contribution in [0, 0.1) is 11.8 Å². The SMILES string of the molecule is CCCN(C(=O)c1cccc(C#CCCO)c1)C1CC1. The summed E-state index contributed by atoms with van der Waals surface area (Å²) in [5.41, 5.74) is 1.54. The predicted molar refractivity (Wildman–Crippen MR) is 79.4 cm³/mol. The second-order valence-electron chi connectivity index (χ2n) is 5.09. The van der Waals surface area contributed by atoms with Crippen LogP contribution in [0.2, 0.25) is 0 Å². The lowest BCUT2D eigenvalue weighted by atomic mass is 10.1. The van der Waals surface area contributed by atoms with Gasteiger partial charge in [-0.15, -0.1) is 0 Å². The molecule has 0 spiro atoms. The third-order valence-corrected chi connectivity index (χ3v) is 3.29. The summed E-state index contributed by atoms with van der Waals surface area (Å²) in [7, 11) is 0. The predicted octanol–water partition coefficient (Wildman–Crippen LogP) is 2.44. The Kier molecular flexibility index (Phi) is 5.20. The molecule has 0 aliphatic heterocycles. The van der Waals surface area contributed by atoms with Gasteiger partial charge in [0, 0.05) is 30.1 Å². The Hall–Kier alpha value is -1.79. The van der Waals surface area contributed by atoms with Gasteiger partial charge in [0.1, 0.15) is 0 Å². The Morgan fingerprint density at radius 2 is 2.25 bits per heavy atom. The van der Waals surface area contributed by atoms with Crippen molar-refractivity contribution in [2.75, 3.05) is 13.2 Å². The molecule has 1 N–H and O–H groups in total. The van der Waals surface area contributed by atoms with Crippen molar-refractivity contribution in [3.05, 3.63) is 35.4 Å². The van der Waals surface area contributed by atoms with Crippen LogP contribution in [0.3, 0.4) is 0 Å². The second-order valence-corrected chi connectivity index (χ2v) is 5.09. The van der Waals surface area contributed by atoms with E-state index >= 15 is 0 Å². The molecule has 0 radical (unpaired) electrons. The van der Waals surface area contributed by atoms with Crippen LogP contribution >= 0.6 is 0 Å². The molecule has 0 saturated heterocycles. The molecule has 3 heteroatoms. The third kappa shape index (κ3) is 3.85. The zero-order valence-electron chi connectivity index (χ0n) is 11.9. The Balaban J connectivity index is 2.13.